The number of hydrogen-bond donors (Lipinski definition) is 0. The highest BCUT2D eigenvalue weighted by Crippen LogP contribution is 2.30. The number of anilines is 1. The van der Waals surface area contributed by atoms with E-state index in [2.05, 4.69) is 29.1 Å². The third-order valence-electron chi connectivity index (χ3n) is 6.59. The van der Waals surface area contributed by atoms with Gasteiger partial charge in [0.1, 0.15) is 5.75 Å². The molecule has 1 fully saturated rings. The lowest BCUT2D eigenvalue weighted by atomic mass is 10.00. The fraction of sp³-hybridized carbons (Fsp3) is 0.480. The summed E-state index contributed by atoms with van der Waals surface area (Å²) in [4.78, 5) is 22.2. The van der Waals surface area contributed by atoms with Crippen LogP contribution in [0.4, 0.5) is 5.69 Å². The molecule has 1 saturated heterocycles. The minimum Gasteiger partial charge on any atom is -0.497 e. The van der Waals surface area contributed by atoms with Gasteiger partial charge in [-0.05, 0) is 62.1 Å². The molecule has 4 rings (SSSR count). The monoisotopic (exact) mass is 451 g/mol. The third-order valence-corrected chi connectivity index (χ3v) is 6.59. The number of methoxy groups -OCH3 is 2. The predicted octanol–water partition coefficient (Wildman–Crippen LogP) is 3.27. The Morgan fingerprint density at radius 1 is 1.03 bits per heavy atom. The molecule has 0 unspecified atom stereocenters. The first kappa shape index (κ1) is 22.9. The average molecular weight is 452 g/mol. The zero-order valence-electron chi connectivity index (χ0n) is 20.2. The summed E-state index contributed by atoms with van der Waals surface area (Å²) >= 11 is 0. The molecule has 8 nitrogen and oxygen atoms in total. The van der Waals surface area contributed by atoms with Gasteiger partial charge in [0.15, 0.2) is 5.65 Å². The van der Waals surface area contributed by atoms with Gasteiger partial charge in [0.05, 0.1) is 19.6 Å². The number of carbonyl (C=O) groups excluding carboxylic acids is 1. The predicted molar refractivity (Wildman–Crippen MR) is 129 cm³/mol. The van der Waals surface area contributed by atoms with Crippen molar-refractivity contribution in [2.75, 3.05) is 45.3 Å². The van der Waals surface area contributed by atoms with Crippen LogP contribution in [-0.4, -0.2) is 66.0 Å². The summed E-state index contributed by atoms with van der Waals surface area (Å²) in [5.74, 6) is 1.63. The molecule has 0 saturated carbocycles. The smallest absolute Gasteiger partial charge is 0.242 e. The first-order valence-electron chi connectivity index (χ1n) is 11.5. The maximum atomic E-state index is 13.1. The molecule has 1 aliphatic heterocycles. The Labute approximate surface area is 195 Å². The van der Waals surface area contributed by atoms with Crippen molar-refractivity contribution in [3.05, 3.63) is 41.1 Å². The van der Waals surface area contributed by atoms with Gasteiger partial charge in [-0.15, -0.1) is 5.10 Å². The number of pyridine rings is 1. The topological polar surface area (TPSA) is 72.7 Å². The van der Waals surface area contributed by atoms with Crippen LogP contribution in [0.2, 0.25) is 0 Å². The summed E-state index contributed by atoms with van der Waals surface area (Å²) in [5, 5.41) is 5.35. The fourth-order valence-corrected chi connectivity index (χ4v) is 4.72. The van der Waals surface area contributed by atoms with Crippen LogP contribution in [0.1, 0.15) is 29.7 Å². The maximum absolute atomic E-state index is 13.1. The van der Waals surface area contributed by atoms with Gasteiger partial charge >= 0.3 is 0 Å². The molecule has 176 valence electrons. The zero-order valence-corrected chi connectivity index (χ0v) is 20.2. The zero-order chi connectivity index (χ0) is 23.5. The van der Waals surface area contributed by atoms with E-state index < -0.39 is 0 Å². The fourth-order valence-electron chi connectivity index (χ4n) is 4.72. The van der Waals surface area contributed by atoms with Gasteiger partial charge in [-0.25, -0.2) is 9.67 Å². The number of aromatic nitrogens is 3. The second-order valence-corrected chi connectivity index (χ2v) is 8.55. The summed E-state index contributed by atoms with van der Waals surface area (Å²) in [6.07, 6.45) is 2.09. The van der Waals surface area contributed by atoms with Crippen molar-refractivity contribution in [2.45, 2.75) is 33.1 Å². The Hall–Kier alpha value is -3.29. The minimum absolute atomic E-state index is 0.198. The van der Waals surface area contributed by atoms with E-state index in [4.69, 9.17) is 14.5 Å². The van der Waals surface area contributed by atoms with Gasteiger partial charge in [0, 0.05) is 51.0 Å². The van der Waals surface area contributed by atoms with E-state index in [1.165, 1.54) is 5.69 Å². The van der Waals surface area contributed by atoms with Crippen LogP contribution in [0.3, 0.4) is 0 Å². The highest BCUT2D eigenvalue weighted by molar-refractivity contribution is 5.86. The summed E-state index contributed by atoms with van der Waals surface area (Å²) in [7, 11) is 5.17. The summed E-state index contributed by atoms with van der Waals surface area (Å²) < 4.78 is 12.5. The lowest BCUT2D eigenvalue weighted by molar-refractivity contribution is -0.130. The molecule has 3 heterocycles. The number of aryl methyl sites for hydroxylation is 3. The van der Waals surface area contributed by atoms with E-state index in [1.807, 2.05) is 31.0 Å². The normalized spacial score (nSPS) is 14.5. The Kier molecular flexibility index (Phi) is 6.72. The van der Waals surface area contributed by atoms with E-state index in [0.29, 0.717) is 18.7 Å². The molecule has 0 aliphatic carbocycles. The van der Waals surface area contributed by atoms with Crippen LogP contribution in [0.5, 0.6) is 11.6 Å². The molecule has 0 atom stereocenters. The van der Waals surface area contributed by atoms with Gasteiger partial charge in [-0.3, -0.25) is 4.79 Å². The molecule has 0 radical (unpaired) electrons. The first-order chi connectivity index (χ1) is 15.9. The lowest BCUT2D eigenvalue weighted by Crippen LogP contribution is -2.35. The van der Waals surface area contributed by atoms with Crippen molar-refractivity contribution in [1.29, 1.82) is 0 Å². The van der Waals surface area contributed by atoms with Crippen molar-refractivity contribution in [3.63, 3.8) is 0 Å². The molecule has 3 aromatic rings. The van der Waals surface area contributed by atoms with Gasteiger partial charge in [0.25, 0.3) is 0 Å². The first-order valence-corrected chi connectivity index (χ1v) is 11.5. The second-order valence-electron chi connectivity index (χ2n) is 8.55. The molecule has 1 aliphatic rings. The number of carbonyl (C=O) groups is 1. The quantitative estimate of drug-likeness (QED) is 0.573. The number of hydrogen-bond acceptors (Lipinski definition) is 6. The van der Waals surface area contributed by atoms with Crippen molar-refractivity contribution in [1.82, 2.24) is 19.7 Å². The highest BCUT2D eigenvalue weighted by Gasteiger charge is 2.22. The van der Waals surface area contributed by atoms with Gasteiger partial charge in [-0.2, -0.15) is 0 Å². The maximum Gasteiger partial charge on any atom is 0.242 e. The van der Waals surface area contributed by atoms with Crippen LogP contribution >= 0.6 is 0 Å². The second kappa shape index (κ2) is 9.68. The molecular weight excluding hydrogens is 418 g/mol. The SMILES string of the molecule is COc1ccc(N2CCCN(C(=O)CCc3c(C)nc4c(c(OC)nn4C)c3C)CC2)cc1. The molecule has 1 amide bonds. The third kappa shape index (κ3) is 4.60. The summed E-state index contributed by atoms with van der Waals surface area (Å²) in [5.41, 5.74) is 5.12. The molecule has 33 heavy (non-hydrogen) atoms. The number of nitrogens with zero attached hydrogens (tertiary/aromatic N) is 5. The number of benzene rings is 1. The molecule has 0 bridgehead atoms. The molecule has 8 heteroatoms. The Bertz CT molecular complexity index is 1140. The number of amides is 1. The lowest BCUT2D eigenvalue weighted by Gasteiger charge is -2.24. The molecule has 2 aromatic heterocycles. The molecular formula is C25H33N5O3. The Balaban J connectivity index is 1.42. The average Bonchev–Trinajstić information content (AvgIpc) is 2.99. The molecule has 1 aromatic carbocycles. The van der Waals surface area contributed by atoms with Crippen molar-refractivity contribution in [3.8, 4) is 11.6 Å². The Morgan fingerprint density at radius 2 is 1.79 bits per heavy atom. The van der Waals surface area contributed by atoms with Gasteiger partial charge < -0.3 is 19.3 Å². The van der Waals surface area contributed by atoms with E-state index >= 15 is 0 Å². The highest BCUT2D eigenvalue weighted by atomic mass is 16.5. The largest absolute Gasteiger partial charge is 0.497 e. The van der Waals surface area contributed by atoms with Crippen LogP contribution in [0.25, 0.3) is 11.0 Å². The van der Waals surface area contributed by atoms with Crippen molar-refractivity contribution >= 4 is 22.6 Å². The molecule has 0 spiro atoms. The number of fused-ring (bicyclic) bond motifs is 1. The van der Waals surface area contributed by atoms with E-state index in [0.717, 1.165) is 66.2 Å². The molecule has 0 N–H and O–H groups in total. The standard InChI is InChI=1S/C25H33N5O3/c1-17-21(18(2)26-24-23(17)25(33-5)27-28(24)3)11-12-22(31)30-14-6-13-29(15-16-30)19-7-9-20(32-4)10-8-19/h7-10H,6,11-16H2,1-5H3. The van der Waals surface area contributed by atoms with Crippen molar-refractivity contribution in [2.24, 2.45) is 7.05 Å². The van der Waals surface area contributed by atoms with Crippen LogP contribution in [0, 0.1) is 13.8 Å². The number of ether oxygens (including phenoxy) is 2. The van der Waals surface area contributed by atoms with E-state index in [9.17, 15) is 4.79 Å². The minimum atomic E-state index is 0.198. The summed E-state index contributed by atoms with van der Waals surface area (Å²) in [6.45, 7) is 7.37. The van der Waals surface area contributed by atoms with E-state index in [1.54, 1.807) is 18.9 Å². The number of rotatable bonds is 6. The van der Waals surface area contributed by atoms with Crippen LogP contribution in [-0.2, 0) is 18.3 Å². The van der Waals surface area contributed by atoms with Gasteiger partial charge in [0.2, 0.25) is 11.8 Å². The van der Waals surface area contributed by atoms with Gasteiger partial charge in [-0.1, -0.05) is 0 Å². The van der Waals surface area contributed by atoms with E-state index in [-0.39, 0.29) is 5.91 Å². The summed E-state index contributed by atoms with van der Waals surface area (Å²) in [6, 6.07) is 8.13. The van der Waals surface area contributed by atoms with Crippen molar-refractivity contribution < 1.29 is 14.3 Å². The van der Waals surface area contributed by atoms with Crippen LogP contribution in [0.15, 0.2) is 24.3 Å². The van der Waals surface area contributed by atoms with Crippen LogP contribution < -0.4 is 14.4 Å². The Morgan fingerprint density at radius 3 is 2.48 bits per heavy atom.